The zero-order valence-electron chi connectivity index (χ0n) is 12.6. The molecule has 1 fully saturated rings. The maximum atomic E-state index is 12.7. The SMILES string of the molecule is CCC1(CC)NC(=O)CN(Cc2cc(C)c(C)s2)C1=O. The van der Waals surface area contributed by atoms with E-state index in [9.17, 15) is 9.59 Å². The van der Waals surface area contributed by atoms with Crippen molar-refractivity contribution in [3.05, 3.63) is 21.4 Å². The highest BCUT2D eigenvalue weighted by atomic mass is 32.1. The molecule has 1 aliphatic heterocycles. The van der Waals surface area contributed by atoms with Gasteiger partial charge in [-0.25, -0.2) is 0 Å². The van der Waals surface area contributed by atoms with Crippen LogP contribution in [0.1, 0.15) is 42.0 Å². The van der Waals surface area contributed by atoms with Crippen molar-refractivity contribution in [3.8, 4) is 0 Å². The van der Waals surface area contributed by atoms with E-state index in [1.165, 1.54) is 10.4 Å². The van der Waals surface area contributed by atoms with Gasteiger partial charge in [0.15, 0.2) is 0 Å². The molecule has 2 rings (SSSR count). The van der Waals surface area contributed by atoms with E-state index in [2.05, 4.69) is 25.2 Å². The average molecular weight is 294 g/mol. The van der Waals surface area contributed by atoms with Crippen LogP contribution in [0.2, 0.25) is 0 Å². The number of hydrogen-bond acceptors (Lipinski definition) is 3. The van der Waals surface area contributed by atoms with Crippen LogP contribution in [0.5, 0.6) is 0 Å². The van der Waals surface area contributed by atoms with Gasteiger partial charge in [0.25, 0.3) is 0 Å². The summed E-state index contributed by atoms with van der Waals surface area (Å²) < 4.78 is 0. The summed E-state index contributed by atoms with van der Waals surface area (Å²) >= 11 is 1.70. The molecule has 4 nitrogen and oxygen atoms in total. The van der Waals surface area contributed by atoms with E-state index in [1.54, 1.807) is 16.2 Å². The summed E-state index contributed by atoms with van der Waals surface area (Å²) in [6.45, 7) is 8.75. The number of amides is 2. The highest BCUT2D eigenvalue weighted by Gasteiger charge is 2.43. The summed E-state index contributed by atoms with van der Waals surface area (Å²) in [6.07, 6.45) is 1.26. The molecule has 1 aromatic rings. The molecule has 0 spiro atoms. The molecule has 0 aliphatic carbocycles. The highest BCUT2D eigenvalue weighted by Crippen LogP contribution is 2.26. The molecule has 1 aromatic heterocycles. The lowest BCUT2D eigenvalue weighted by atomic mass is 9.89. The lowest BCUT2D eigenvalue weighted by molar-refractivity contribution is -0.150. The van der Waals surface area contributed by atoms with Gasteiger partial charge in [-0.3, -0.25) is 9.59 Å². The fourth-order valence-electron chi connectivity index (χ4n) is 2.68. The number of hydrogen-bond donors (Lipinski definition) is 1. The third-order valence-electron chi connectivity index (χ3n) is 4.18. The second-order valence-corrected chi connectivity index (χ2v) is 6.79. The predicted molar refractivity (Wildman–Crippen MR) is 80.7 cm³/mol. The quantitative estimate of drug-likeness (QED) is 0.927. The number of thiophene rings is 1. The summed E-state index contributed by atoms with van der Waals surface area (Å²) in [6, 6.07) is 2.11. The van der Waals surface area contributed by atoms with E-state index in [-0.39, 0.29) is 18.4 Å². The van der Waals surface area contributed by atoms with Crippen LogP contribution < -0.4 is 5.32 Å². The van der Waals surface area contributed by atoms with Gasteiger partial charge in [-0.2, -0.15) is 0 Å². The lowest BCUT2D eigenvalue weighted by Crippen LogP contribution is -2.65. The fraction of sp³-hybridized carbons (Fsp3) is 0.600. The van der Waals surface area contributed by atoms with E-state index in [1.807, 2.05) is 13.8 Å². The first kappa shape index (κ1) is 15.0. The van der Waals surface area contributed by atoms with Crippen LogP contribution in [-0.4, -0.2) is 28.8 Å². The van der Waals surface area contributed by atoms with Crippen LogP contribution in [0.15, 0.2) is 6.07 Å². The van der Waals surface area contributed by atoms with Gasteiger partial charge in [-0.15, -0.1) is 11.3 Å². The van der Waals surface area contributed by atoms with E-state index in [0.29, 0.717) is 19.4 Å². The summed E-state index contributed by atoms with van der Waals surface area (Å²) in [5.41, 5.74) is 0.535. The van der Waals surface area contributed by atoms with Crippen molar-refractivity contribution in [1.82, 2.24) is 10.2 Å². The first-order chi connectivity index (χ1) is 9.41. The zero-order valence-corrected chi connectivity index (χ0v) is 13.4. The topological polar surface area (TPSA) is 49.4 Å². The number of carbonyl (C=O) groups excluding carboxylic acids is 2. The van der Waals surface area contributed by atoms with Gasteiger partial charge in [0, 0.05) is 9.75 Å². The minimum atomic E-state index is -0.712. The maximum Gasteiger partial charge on any atom is 0.249 e. The maximum absolute atomic E-state index is 12.7. The van der Waals surface area contributed by atoms with Crippen molar-refractivity contribution >= 4 is 23.2 Å². The molecule has 2 heterocycles. The van der Waals surface area contributed by atoms with Crippen molar-refractivity contribution < 1.29 is 9.59 Å². The van der Waals surface area contributed by atoms with Gasteiger partial charge in [-0.05, 0) is 38.3 Å². The Balaban J connectivity index is 2.22. The monoisotopic (exact) mass is 294 g/mol. The largest absolute Gasteiger partial charge is 0.340 e. The third-order valence-corrected chi connectivity index (χ3v) is 5.32. The second kappa shape index (κ2) is 5.56. The first-order valence-electron chi connectivity index (χ1n) is 7.08. The Bertz CT molecular complexity index is 512. The Kier molecular flexibility index (Phi) is 4.18. The van der Waals surface area contributed by atoms with E-state index < -0.39 is 5.54 Å². The molecule has 110 valence electrons. The summed E-state index contributed by atoms with van der Waals surface area (Å²) in [5.74, 6) is -0.0101. The Morgan fingerprint density at radius 1 is 1.30 bits per heavy atom. The number of rotatable bonds is 4. The van der Waals surface area contributed by atoms with Gasteiger partial charge in [-0.1, -0.05) is 13.8 Å². The lowest BCUT2D eigenvalue weighted by Gasteiger charge is -2.41. The molecule has 5 heteroatoms. The number of piperazine rings is 1. The molecule has 0 aromatic carbocycles. The Hall–Kier alpha value is -1.36. The van der Waals surface area contributed by atoms with Gasteiger partial charge < -0.3 is 10.2 Å². The molecular weight excluding hydrogens is 272 g/mol. The van der Waals surface area contributed by atoms with Crippen LogP contribution in [0, 0.1) is 13.8 Å². The second-order valence-electron chi connectivity index (χ2n) is 5.45. The average Bonchev–Trinajstić information content (AvgIpc) is 2.72. The van der Waals surface area contributed by atoms with Crippen LogP contribution in [0.4, 0.5) is 0 Å². The van der Waals surface area contributed by atoms with Crippen molar-refractivity contribution in [2.75, 3.05) is 6.54 Å². The van der Waals surface area contributed by atoms with Crippen LogP contribution >= 0.6 is 11.3 Å². The number of carbonyl (C=O) groups is 2. The van der Waals surface area contributed by atoms with Gasteiger partial charge in [0.2, 0.25) is 11.8 Å². The minimum Gasteiger partial charge on any atom is -0.340 e. The molecule has 0 bridgehead atoms. The van der Waals surface area contributed by atoms with Crippen molar-refractivity contribution in [1.29, 1.82) is 0 Å². The highest BCUT2D eigenvalue weighted by molar-refractivity contribution is 7.12. The van der Waals surface area contributed by atoms with Crippen molar-refractivity contribution in [2.24, 2.45) is 0 Å². The molecule has 0 unspecified atom stereocenters. The molecule has 1 saturated heterocycles. The first-order valence-corrected chi connectivity index (χ1v) is 7.89. The normalized spacial score (nSPS) is 18.3. The van der Waals surface area contributed by atoms with Crippen molar-refractivity contribution in [2.45, 2.75) is 52.6 Å². The van der Waals surface area contributed by atoms with Gasteiger partial charge in [0.1, 0.15) is 12.1 Å². The molecule has 0 atom stereocenters. The molecule has 1 N–H and O–H groups in total. The molecule has 1 aliphatic rings. The molecule has 2 amide bonds. The smallest absolute Gasteiger partial charge is 0.249 e. The van der Waals surface area contributed by atoms with Crippen LogP contribution in [0.25, 0.3) is 0 Å². The summed E-state index contributed by atoms with van der Waals surface area (Å²) in [7, 11) is 0. The van der Waals surface area contributed by atoms with Crippen LogP contribution in [-0.2, 0) is 16.1 Å². The number of nitrogens with one attached hydrogen (secondary N) is 1. The van der Waals surface area contributed by atoms with Crippen LogP contribution in [0.3, 0.4) is 0 Å². The Labute approximate surface area is 124 Å². The fourth-order valence-corrected chi connectivity index (χ4v) is 3.75. The standard InChI is InChI=1S/C15H22N2O2S/c1-5-15(6-2)14(19)17(9-13(18)16-15)8-12-7-10(3)11(4)20-12/h7H,5-6,8-9H2,1-4H3,(H,16,18). The molecule has 20 heavy (non-hydrogen) atoms. The summed E-state index contributed by atoms with van der Waals surface area (Å²) in [5, 5.41) is 2.88. The van der Waals surface area contributed by atoms with E-state index in [4.69, 9.17) is 0 Å². The minimum absolute atomic E-state index is 0.0470. The number of aryl methyl sites for hydroxylation is 2. The number of nitrogens with zero attached hydrogens (tertiary/aromatic N) is 1. The summed E-state index contributed by atoms with van der Waals surface area (Å²) in [4.78, 5) is 28.7. The molecule has 0 radical (unpaired) electrons. The Morgan fingerprint density at radius 3 is 2.45 bits per heavy atom. The molecule has 0 saturated carbocycles. The molecular formula is C15H22N2O2S. The predicted octanol–water partition coefficient (Wildman–Crippen LogP) is 2.38. The zero-order chi connectivity index (χ0) is 14.9. The van der Waals surface area contributed by atoms with Gasteiger partial charge in [0.05, 0.1) is 6.54 Å². The van der Waals surface area contributed by atoms with Gasteiger partial charge >= 0.3 is 0 Å². The van der Waals surface area contributed by atoms with E-state index in [0.717, 1.165) is 4.88 Å². The Morgan fingerprint density at radius 2 is 1.95 bits per heavy atom. The third kappa shape index (κ3) is 2.59. The van der Waals surface area contributed by atoms with E-state index >= 15 is 0 Å². The van der Waals surface area contributed by atoms with Crippen molar-refractivity contribution in [3.63, 3.8) is 0 Å².